The highest BCUT2D eigenvalue weighted by Gasteiger charge is 2.19. The van der Waals surface area contributed by atoms with Crippen molar-refractivity contribution in [1.82, 2.24) is 0 Å². The lowest BCUT2D eigenvalue weighted by Gasteiger charge is -2.21. The largest absolute Gasteiger partial charge is 0.207 e. The van der Waals surface area contributed by atoms with E-state index in [0.717, 1.165) is 5.56 Å². The van der Waals surface area contributed by atoms with Crippen LogP contribution in [0.4, 0.5) is 4.39 Å². The van der Waals surface area contributed by atoms with Crippen LogP contribution in [0.1, 0.15) is 26.3 Å². The summed E-state index contributed by atoms with van der Waals surface area (Å²) in [7, 11) is 0. The van der Waals surface area contributed by atoms with Crippen molar-refractivity contribution in [3.63, 3.8) is 0 Å². The second-order valence-electron chi connectivity index (χ2n) is 4.46. The Bertz CT molecular complexity index is 309. The molecule has 0 amide bonds. The lowest BCUT2D eigenvalue weighted by atomic mass is 9.92. The molecule has 0 aromatic heterocycles. The minimum Gasteiger partial charge on any atom is -0.207 e. The Labute approximate surface area is 96.5 Å². The smallest absolute Gasteiger partial charge is 0.126 e. The monoisotopic (exact) mass is 228 g/mol. The van der Waals surface area contributed by atoms with Crippen LogP contribution in [0.15, 0.2) is 24.3 Å². The van der Waals surface area contributed by atoms with Gasteiger partial charge in [0.05, 0.1) is 0 Å². The normalized spacial score (nSPS) is 15.3. The molecule has 0 aliphatic rings. The van der Waals surface area contributed by atoms with Gasteiger partial charge in [-0.2, -0.15) is 0 Å². The predicted molar refractivity (Wildman–Crippen MR) is 63.7 cm³/mol. The van der Waals surface area contributed by atoms with Gasteiger partial charge in [0.2, 0.25) is 0 Å². The maximum Gasteiger partial charge on any atom is 0.126 e. The summed E-state index contributed by atoms with van der Waals surface area (Å²) in [5.41, 5.74) is 0.760. The van der Waals surface area contributed by atoms with Gasteiger partial charge in [-0.1, -0.05) is 39.0 Å². The number of benzene rings is 1. The van der Waals surface area contributed by atoms with Crippen molar-refractivity contribution in [3.05, 3.63) is 35.6 Å². The van der Waals surface area contributed by atoms with E-state index in [-0.39, 0.29) is 11.2 Å². The average molecular weight is 229 g/mol. The highest BCUT2D eigenvalue weighted by atomic mass is 35.5. The maximum atomic E-state index is 13.4. The molecule has 84 valence electrons. The molecule has 1 aromatic carbocycles. The molecule has 0 saturated heterocycles. The Morgan fingerprint density at radius 1 is 1.20 bits per heavy atom. The molecule has 2 unspecified atom stereocenters. The van der Waals surface area contributed by atoms with Crippen LogP contribution in [0.2, 0.25) is 0 Å². The fourth-order valence-electron chi connectivity index (χ4n) is 1.78. The molecule has 2 heteroatoms. The van der Waals surface area contributed by atoms with E-state index in [4.69, 9.17) is 11.6 Å². The first kappa shape index (κ1) is 12.5. The molecule has 0 radical (unpaired) electrons. The van der Waals surface area contributed by atoms with E-state index in [1.807, 2.05) is 12.1 Å². The van der Waals surface area contributed by atoms with Gasteiger partial charge >= 0.3 is 0 Å². The molecule has 15 heavy (non-hydrogen) atoms. The first-order valence-corrected chi connectivity index (χ1v) is 5.83. The summed E-state index contributed by atoms with van der Waals surface area (Å²) >= 11 is 6.25. The van der Waals surface area contributed by atoms with Crippen molar-refractivity contribution in [3.8, 4) is 0 Å². The number of hydrogen-bond donors (Lipinski definition) is 0. The fraction of sp³-hybridized carbons (Fsp3) is 0.538. The third-order valence-corrected chi connectivity index (χ3v) is 3.61. The highest BCUT2D eigenvalue weighted by molar-refractivity contribution is 6.20. The van der Waals surface area contributed by atoms with Crippen molar-refractivity contribution < 1.29 is 4.39 Å². The van der Waals surface area contributed by atoms with Gasteiger partial charge in [-0.3, -0.25) is 0 Å². The molecule has 0 nitrogen and oxygen atoms in total. The molecule has 0 spiro atoms. The zero-order chi connectivity index (χ0) is 11.4. The summed E-state index contributed by atoms with van der Waals surface area (Å²) in [5, 5.41) is 0.101. The Kier molecular flexibility index (Phi) is 4.59. The van der Waals surface area contributed by atoms with Gasteiger partial charge in [0.1, 0.15) is 5.82 Å². The second-order valence-corrected chi connectivity index (χ2v) is 4.97. The Balaban J connectivity index is 2.66. The summed E-state index contributed by atoms with van der Waals surface area (Å²) in [6, 6.07) is 6.91. The van der Waals surface area contributed by atoms with Gasteiger partial charge in [-0.15, -0.1) is 11.6 Å². The van der Waals surface area contributed by atoms with Crippen LogP contribution in [0, 0.1) is 17.7 Å². The van der Waals surface area contributed by atoms with Gasteiger partial charge in [0.25, 0.3) is 0 Å². The Morgan fingerprint density at radius 3 is 2.33 bits per heavy atom. The van der Waals surface area contributed by atoms with E-state index in [1.54, 1.807) is 6.07 Å². The zero-order valence-electron chi connectivity index (χ0n) is 9.50. The van der Waals surface area contributed by atoms with Gasteiger partial charge in [-0.05, 0) is 29.9 Å². The van der Waals surface area contributed by atoms with Crippen molar-refractivity contribution in [1.29, 1.82) is 0 Å². The topological polar surface area (TPSA) is 0 Å². The van der Waals surface area contributed by atoms with Crippen molar-refractivity contribution in [2.75, 3.05) is 0 Å². The predicted octanol–water partition coefficient (Wildman–Crippen LogP) is 4.27. The van der Waals surface area contributed by atoms with E-state index in [9.17, 15) is 4.39 Å². The van der Waals surface area contributed by atoms with Crippen LogP contribution < -0.4 is 0 Å². The lowest BCUT2D eigenvalue weighted by molar-refractivity contribution is 0.440. The molecule has 2 atom stereocenters. The average Bonchev–Trinajstić information content (AvgIpc) is 2.20. The van der Waals surface area contributed by atoms with Crippen LogP contribution in [-0.4, -0.2) is 5.38 Å². The van der Waals surface area contributed by atoms with E-state index in [0.29, 0.717) is 18.3 Å². The number of alkyl halides is 1. The number of rotatable bonds is 4. The van der Waals surface area contributed by atoms with E-state index < -0.39 is 0 Å². The molecule has 0 fully saturated rings. The Hall–Kier alpha value is -0.560. The third-order valence-electron chi connectivity index (χ3n) is 2.68. The number of hydrogen-bond acceptors (Lipinski definition) is 0. The standard InChI is InChI=1S/C13H18ClF/c1-9(2)13(14)10(3)8-11-6-4-5-7-12(11)15/h4-7,9-10,13H,8H2,1-3H3. The molecular weight excluding hydrogens is 211 g/mol. The summed E-state index contributed by atoms with van der Waals surface area (Å²) in [6.45, 7) is 6.26. The molecule has 0 heterocycles. The van der Waals surface area contributed by atoms with Gasteiger partial charge < -0.3 is 0 Å². The summed E-state index contributed by atoms with van der Waals surface area (Å²) in [5.74, 6) is 0.592. The van der Waals surface area contributed by atoms with Crippen LogP contribution in [0.25, 0.3) is 0 Å². The van der Waals surface area contributed by atoms with E-state index in [2.05, 4.69) is 20.8 Å². The van der Waals surface area contributed by atoms with Crippen molar-refractivity contribution >= 4 is 11.6 Å². The zero-order valence-corrected chi connectivity index (χ0v) is 10.3. The molecule has 0 aliphatic carbocycles. The first-order chi connectivity index (χ1) is 7.02. The molecule has 0 aliphatic heterocycles. The highest BCUT2D eigenvalue weighted by Crippen LogP contribution is 2.23. The molecule has 1 aromatic rings. The minimum absolute atomic E-state index is 0.101. The summed E-state index contributed by atoms with van der Waals surface area (Å²) in [4.78, 5) is 0. The van der Waals surface area contributed by atoms with Crippen LogP contribution >= 0.6 is 11.6 Å². The van der Waals surface area contributed by atoms with E-state index in [1.165, 1.54) is 6.07 Å². The van der Waals surface area contributed by atoms with Gasteiger partial charge in [0.15, 0.2) is 0 Å². The molecular formula is C13H18ClF. The third kappa shape index (κ3) is 3.49. The summed E-state index contributed by atoms with van der Waals surface area (Å²) in [6.07, 6.45) is 0.707. The van der Waals surface area contributed by atoms with Crippen molar-refractivity contribution in [2.24, 2.45) is 11.8 Å². The van der Waals surface area contributed by atoms with E-state index >= 15 is 0 Å². The number of halogens is 2. The fourth-order valence-corrected chi connectivity index (χ4v) is 1.87. The molecule has 0 bridgehead atoms. The first-order valence-electron chi connectivity index (χ1n) is 5.40. The molecule has 1 rings (SSSR count). The SMILES string of the molecule is CC(C)C(Cl)C(C)Cc1ccccc1F. The maximum absolute atomic E-state index is 13.4. The van der Waals surface area contributed by atoms with Crippen LogP contribution in [0.5, 0.6) is 0 Å². The van der Waals surface area contributed by atoms with Crippen LogP contribution in [-0.2, 0) is 6.42 Å². The minimum atomic E-state index is -0.128. The molecule has 0 N–H and O–H groups in total. The van der Waals surface area contributed by atoms with Crippen molar-refractivity contribution in [2.45, 2.75) is 32.6 Å². The van der Waals surface area contributed by atoms with Crippen LogP contribution in [0.3, 0.4) is 0 Å². The lowest BCUT2D eigenvalue weighted by Crippen LogP contribution is -2.20. The second kappa shape index (κ2) is 5.50. The van der Waals surface area contributed by atoms with Gasteiger partial charge in [0, 0.05) is 5.38 Å². The van der Waals surface area contributed by atoms with Gasteiger partial charge in [-0.25, -0.2) is 4.39 Å². The molecule has 0 saturated carbocycles. The summed E-state index contributed by atoms with van der Waals surface area (Å²) < 4.78 is 13.4. The quantitative estimate of drug-likeness (QED) is 0.676. The Morgan fingerprint density at radius 2 is 1.80 bits per heavy atom.